The van der Waals surface area contributed by atoms with Gasteiger partial charge in [-0.3, -0.25) is 4.79 Å². The van der Waals surface area contributed by atoms with E-state index in [1.54, 1.807) is 14.2 Å². The Kier molecular flexibility index (Phi) is 6.37. The highest BCUT2D eigenvalue weighted by Crippen LogP contribution is 2.27. The van der Waals surface area contributed by atoms with Crippen molar-refractivity contribution in [3.63, 3.8) is 0 Å². The van der Waals surface area contributed by atoms with Crippen molar-refractivity contribution in [3.05, 3.63) is 6.33 Å². The Balaban J connectivity index is 2.55. The lowest BCUT2D eigenvalue weighted by atomic mass is 10.4. The molecule has 1 aromatic rings. The van der Waals surface area contributed by atoms with Crippen LogP contribution < -0.4 is 20.7 Å². The van der Waals surface area contributed by atoms with Gasteiger partial charge >= 0.3 is 0 Å². The Morgan fingerprint density at radius 3 is 2.68 bits per heavy atom. The van der Waals surface area contributed by atoms with Gasteiger partial charge in [0.1, 0.15) is 6.33 Å². The lowest BCUT2D eigenvalue weighted by molar-refractivity contribution is -0.119. The number of rotatable bonds is 8. The molecule has 1 heterocycles. The van der Waals surface area contributed by atoms with Gasteiger partial charge in [-0.2, -0.15) is 0 Å². The molecule has 0 unspecified atom stereocenters. The molecule has 0 bridgehead atoms. The average Bonchev–Trinajstić information content (AvgIpc) is 2.44. The summed E-state index contributed by atoms with van der Waals surface area (Å²) in [6.45, 7) is 1.05. The summed E-state index contributed by atoms with van der Waals surface area (Å²) < 4.78 is 10.0. The Hall–Kier alpha value is -2.09. The van der Waals surface area contributed by atoms with E-state index in [0.29, 0.717) is 30.5 Å². The number of amides is 1. The summed E-state index contributed by atoms with van der Waals surface area (Å²) in [7, 11) is 4.82. The van der Waals surface area contributed by atoms with Crippen LogP contribution in [0.2, 0.25) is 0 Å². The predicted octanol–water partition coefficient (Wildman–Crippen LogP) is -0.299. The van der Waals surface area contributed by atoms with E-state index in [1.807, 2.05) is 0 Å². The summed E-state index contributed by atoms with van der Waals surface area (Å²) in [5.41, 5.74) is 0. The summed E-state index contributed by atoms with van der Waals surface area (Å²) >= 11 is 0. The molecule has 0 saturated carbocycles. The van der Waals surface area contributed by atoms with Crippen LogP contribution in [0.1, 0.15) is 0 Å². The second kappa shape index (κ2) is 8.09. The van der Waals surface area contributed by atoms with Crippen LogP contribution in [-0.4, -0.2) is 56.8 Å². The van der Waals surface area contributed by atoms with Crippen molar-refractivity contribution < 1.29 is 14.3 Å². The highest BCUT2D eigenvalue weighted by molar-refractivity contribution is 5.81. The zero-order valence-electron chi connectivity index (χ0n) is 11.3. The lowest BCUT2D eigenvalue weighted by Crippen LogP contribution is -2.32. The number of anilines is 2. The van der Waals surface area contributed by atoms with Crippen molar-refractivity contribution >= 4 is 17.5 Å². The maximum atomic E-state index is 11.5. The molecule has 0 aliphatic rings. The van der Waals surface area contributed by atoms with Crippen LogP contribution in [0.5, 0.6) is 5.75 Å². The van der Waals surface area contributed by atoms with Crippen molar-refractivity contribution in [2.45, 2.75) is 0 Å². The molecule has 0 spiro atoms. The van der Waals surface area contributed by atoms with Gasteiger partial charge in [0.05, 0.1) is 20.3 Å². The topological polar surface area (TPSA) is 97.4 Å². The van der Waals surface area contributed by atoms with Gasteiger partial charge < -0.3 is 25.4 Å². The largest absolute Gasteiger partial charge is 0.490 e. The third kappa shape index (κ3) is 4.59. The molecule has 0 fully saturated rings. The number of hydrogen-bond acceptors (Lipinski definition) is 7. The fourth-order valence-corrected chi connectivity index (χ4v) is 1.39. The molecule has 0 saturated heterocycles. The monoisotopic (exact) mass is 269 g/mol. The van der Waals surface area contributed by atoms with Crippen molar-refractivity contribution in [1.82, 2.24) is 15.3 Å². The van der Waals surface area contributed by atoms with Gasteiger partial charge in [0.25, 0.3) is 0 Å². The first-order valence-corrected chi connectivity index (χ1v) is 5.79. The molecule has 1 rings (SSSR count). The van der Waals surface area contributed by atoms with Crippen molar-refractivity contribution in [1.29, 1.82) is 0 Å². The molecule has 0 atom stereocenters. The van der Waals surface area contributed by atoms with E-state index >= 15 is 0 Å². The molecular weight excluding hydrogens is 250 g/mol. The second-order valence-corrected chi connectivity index (χ2v) is 3.55. The van der Waals surface area contributed by atoms with Gasteiger partial charge in [-0.15, -0.1) is 0 Å². The summed E-state index contributed by atoms with van der Waals surface area (Å²) in [5, 5.41) is 8.47. The summed E-state index contributed by atoms with van der Waals surface area (Å²) in [4.78, 5) is 19.6. The van der Waals surface area contributed by atoms with Crippen LogP contribution in [0, 0.1) is 0 Å². The first kappa shape index (κ1) is 15.0. The van der Waals surface area contributed by atoms with E-state index in [0.717, 1.165) is 0 Å². The molecule has 8 nitrogen and oxygen atoms in total. The molecular formula is C11H19N5O3. The van der Waals surface area contributed by atoms with Gasteiger partial charge in [-0.05, 0) is 0 Å². The lowest BCUT2D eigenvalue weighted by Gasteiger charge is -2.12. The number of carbonyl (C=O) groups is 1. The summed E-state index contributed by atoms with van der Waals surface area (Å²) in [6, 6.07) is 0. The maximum absolute atomic E-state index is 11.5. The number of ether oxygens (including phenoxy) is 2. The van der Waals surface area contributed by atoms with Gasteiger partial charge in [-0.1, -0.05) is 0 Å². The van der Waals surface area contributed by atoms with Crippen LogP contribution in [0.4, 0.5) is 11.6 Å². The molecule has 1 aromatic heterocycles. The number of nitrogens with zero attached hydrogens (tertiary/aromatic N) is 2. The fraction of sp³-hybridized carbons (Fsp3) is 0.545. The first-order chi connectivity index (χ1) is 9.22. The zero-order chi connectivity index (χ0) is 14.1. The number of hydrogen-bond donors (Lipinski definition) is 3. The quantitative estimate of drug-likeness (QED) is 0.557. The van der Waals surface area contributed by atoms with E-state index < -0.39 is 0 Å². The standard InChI is InChI=1S/C11H19N5O3/c1-12-10-9(19-3)11(16-7-15-10)14-6-8(17)13-4-5-18-2/h7H,4-6H2,1-3H3,(H,13,17)(H2,12,14,15,16). The first-order valence-electron chi connectivity index (χ1n) is 5.79. The van der Waals surface area contributed by atoms with Crippen LogP contribution >= 0.6 is 0 Å². The van der Waals surface area contributed by atoms with Gasteiger partial charge in [0.15, 0.2) is 11.6 Å². The highest BCUT2D eigenvalue weighted by atomic mass is 16.5. The molecule has 0 aliphatic heterocycles. The van der Waals surface area contributed by atoms with Crippen LogP contribution in [-0.2, 0) is 9.53 Å². The molecule has 106 valence electrons. The summed E-state index contributed by atoms with van der Waals surface area (Å²) in [6.07, 6.45) is 1.39. The van der Waals surface area contributed by atoms with Crippen molar-refractivity contribution in [3.8, 4) is 5.75 Å². The Labute approximate surface area is 111 Å². The number of carbonyl (C=O) groups excluding carboxylic acids is 1. The van der Waals surface area contributed by atoms with Gasteiger partial charge in [0.2, 0.25) is 11.7 Å². The molecule has 1 amide bonds. The smallest absolute Gasteiger partial charge is 0.239 e. The SMILES string of the molecule is CNc1ncnc(NCC(=O)NCCOC)c1OC. The Morgan fingerprint density at radius 1 is 1.32 bits per heavy atom. The number of nitrogens with one attached hydrogen (secondary N) is 3. The third-order valence-corrected chi connectivity index (χ3v) is 2.29. The molecule has 0 aliphatic carbocycles. The molecule has 0 radical (unpaired) electrons. The predicted molar refractivity (Wildman–Crippen MR) is 71.5 cm³/mol. The van der Waals surface area contributed by atoms with E-state index in [1.165, 1.54) is 13.4 Å². The minimum Gasteiger partial charge on any atom is -0.490 e. The van der Waals surface area contributed by atoms with Crippen LogP contribution in [0.3, 0.4) is 0 Å². The van der Waals surface area contributed by atoms with Crippen molar-refractivity contribution in [2.75, 3.05) is 51.6 Å². The molecule has 0 aromatic carbocycles. The Bertz CT molecular complexity index is 413. The highest BCUT2D eigenvalue weighted by Gasteiger charge is 2.11. The van der Waals surface area contributed by atoms with Gasteiger partial charge in [0, 0.05) is 20.7 Å². The number of methoxy groups -OCH3 is 2. The number of aromatic nitrogens is 2. The summed E-state index contributed by atoms with van der Waals surface area (Å²) in [5.74, 6) is 1.34. The maximum Gasteiger partial charge on any atom is 0.239 e. The van der Waals surface area contributed by atoms with E-state index in [4.69, 9.17) is 9.47 Å². The minimum absolute atomic E-state index is 0.0975. The van der Waals surface area contributed by atoms with Crippen molar-refractivity contribution in [2.24, 2.45) is 0 Å². The second-order valence-electron chi connectivity index (χ2n) is 3.55. The molecule has 19 heavy (non-hydrogen) atoms. The van der Waals surface area contributed by atoms with E-state index in [9.17, 15) is 4.79 Å². The van der Waals surface area contributed by atoms with E-state index in [-0.39, 0.29) is 12.5 Å². The average molecular weight is 269 g/mol. The minimum atomic E-state index is -0.149. The fourth-order valence-electron chi connectivity index (χ4n) is 1.39. The van der Waals surface area contributed by atoms with Crippen LogP contribution in [0.25, 0.3) is 0 Å². The zero-order valence-corrected chi connectivity index (χ0v) is 11.3. The normalized spacial score (nSPS) is 9.84. The third-order valence-electron chi connectivity index (χ3n) is 2.29. The molecule has 3 N–H and O–H groups in total. The van der Waals surface area contributed by atoms with E-state index in [2.05, 4.69) is 25.9 Å². The molecule has 8 heteroatoms. The van der Waals surface area contributed by atoms with Gasteiger partial charge in [-0.25, -0.2) is 9.97 Å². The van der Waals surface area contributed by atoms with Crippen LogP contribution in [0.15, 0.2) is 6.33 Å². The Morgan fingerprint density at radius 2 is 2.05 bits per heavy atom.